The number of ether oxygens (including phenoxy) is 3. The van der Waals surface area contributed by atoms with E-state index in [4.69, 9.17) is 14.2 Å². The van der Waals surface area contributed by atoms with Crippen LogP contribution in [0.4, 0.5) is 0 Å². The Morgan fingerprint density at radius 1 is 1.05 bits per heavy atom. The van der Waals surface area contributed by atoms with Gasteiger partial charge in [-0.1, -0.05) is 30.3 Å². The number of benzene rings is 2. The van der Waals surface area contributed by atoms with E-state index >= 15 is 0 Å². The Morgan fingerprint density at radius 2 is 1.85 bits per heavy atom. The van der Waals surface area contributed by atoms with Crippen molar-refractivity contribution in [3.8, 4) is 11.5 Å². The number of carbonyl (C=O) groups is 1. The zero-order valence-corrected chi connectivity index (χ0v) is 10.9. The smallest absolute Gasteiger partial charge is 0.338 e. The van der Waals surface area contributed by atoms with Crippen molar-refractivity contribution < 1.29 is 19.0 Å². The fourth-order valence-electron chi connectivity index (χ4n) is 2.01. The van der Waals surface area contributed by atoms with Crippen LogP contribution in [0.3, 0.4) is 0 Å². The fourth-order valence-corrected chi connectivity index (χ4v) is 2.01. The lowest BCUT2D eigenvalue weighted by Crippen LogP contribution is -2.08. The van der Waals surface area contributed by atoms with Crippen LogP contribution in [-0.4, -0.2) is 19.4 Å². The third-order valence-electron chi connectivity index (χ3n) is 3.07. The van der Waals surface area contributed by atoms with E-state index in [0.29, 0.717) is 30.1 Å². The summed E-state index contributed by atoms with van der Waals surface area (Å²) in [6, 6.07) is 15.0. The van der Waals surface area contributed by atoms with E-state index in [1.54, 1.807) is 18.2 Å². The first kappa shape index (κ1) is 12.5. The van der Waals surface area contributed by atoms with Crippen molar-refractivity contribution in [1.29, 1.82) is 0 Å². The van der Waals surface area contributed by atoms with E-state index < -0.39 is 0 Å². The van der Waals surface area contributed by atoms with Gasteiger partial charge in [0.1, 0.15) is 0 Å². The summed E-state index contributed by atoms with van der Waals surface area (Å²) < 4.78 is 15.7. The second-order valence-corrected chi connectivity index (χ2v) is 4.44. The Hall–Kier alpha value is -2.49. The first-order chi connectivity index (χ1) is 9.83. The standard InChI is InChI=1S/C16H14O4/c17-16(18-9-8-12-4-2-1-3-5-12)13-6-7-14-15(10-13)20-11-19-14/h1-7,10H,8-9,11H2. The van der Waals surface area contributed by atoms with Crippen LogP contribution in [0.1, 0.15) is 15.9 Å². The Labute approximate surface area is 116 Å². The monoisotopic (exact) mass is 270 g/mol. The van der Waals surface area contributed by atoms with Crippen molar-refractivity contribution in [2.45, 2.75) is 6.42 Å². The minimum atomic E-state index is -0.348. The molecule has 20 heavy (non-hydrogen) atoms. The summed E-state index contributed by atoms with van der Waals surface area (Å²) in [5.41, 5.74) is 1.62. The molecule has 0 fully saturated rings. The molecule has 0 atom stereocenters. The van der Waals surface area contributed by atoms with Crippen molar-refractivity contribution >= 4 is 5.97 Å². The second-order valence-electron chi connectivity index (χ2n) is 4.44. The maximum atomic E-state index is 11.9. The number of hydrogen-bond donors (Lipinski definition) is 0. The van der Waals surface area contributed by atoms with Crippen LogP contribution in [0.5, 0.6) is 11.5 Å². The van der Waals surface area contributed by atoms with Crippen LogP contribution in [0.2, 0.25) is 0 Å². The van der Waals surface area contributed by atoms with Crippen LogP contribution >= 0.6 is 0 Å². The van der Waals surface area contributed by atoms with E-state index in [0.717, 1.165) is 5.56 Å². The molecule has 4 heteroatoms. The van der Waals surface area contributed by atoms with Crippen LogP contribution in [0.25, 0.3) is 0 Å². The van der Waals surface area contributed by atoms with Crippen molar-refractivity contribution in [3.63, 3.8) is 0 Å². The van der Waals surface area contributed by atoms with Gasteiger partial charge in [-0.2, -0.15) is 0 Å². The van der Waals surface area contributed by atoms with Crippen LogP contribution < -0.4 is 9.47 Å². The molecule has 0 aromatic heterocycles. The quantitative estimate of drug-likeness (QED) is 0.801. The highest BCUT2D eigenvalue weighted by Crippen LogP contribution is 2.32. The maximum Gasteiger partial charge on any atom is 0.338 e. The zero-order chi connectivity index (χ0) is 13.8. The predicted octanol–water partition coefficient (Wildman–Crippen LogP) is 2.81. The molecule has 0 N–H and O–H groups in total. The van der Waals surface area contributed by atoms with Crippen molar-refractivity contribution in [2.24, 2.45) is 0 Å². The van der Waals surface area contributed by atoms with Crippen molar-refractivity contribution in [1.82, 2.24) is 0 Å². The minimum absolute atomic E-state index is 0.196. The average molecular weight is 270 g/mol. The van der Waals surface area contributed by atoms with Gasteiger partial charge in [-0.15, -0.1) is 0 Å². The number of rotatable bonds is 4. The Balaban J connectivity index is 1.57. The highest BCUT2D eigenvalue weighted by atomic mass is 16.7. The zero-order valence-electron chi connectivity index (χ0n) is 10.9. The second kappa shape index (κ2) is 5.65. The number of esters is 1. The lowest BCUT2D eigenvalue weighted by atomic mass is 10.2. The molecule has 0 spiro atoms. The van der Waals surface area contributed by atoms with Gasteiger partial charge in [-0.3, -0.25) is 0 Å². The van der Waals surface area contributed by atoms with E-state index in [9.17, 15) is 4.79 Å². The SMILES string of the molecule is O=C(OCCc1ccccc1)c1ccc2c(c1)OCO2. The van der Waals surface area contributed by atoms with Gasteiger partial charge in [0.2, 0.25) is 6.79 Å². The van der Waals surface area contributed by atoms with Gasteiger partial charge in [0.25, 0.3) is 0 Å². The Kier molecular flexibility index (Phi) is 3.54. The van der Waals surface area contributed by atoms with E-state index in [1.165, 1.54) is 0 Å². The summed E-state index contributed by atoms with van der Waals surface area (Å²) in [5.74, 6) is 0.896. The normalized spacial score (nSPS) is 12.2. The predicted molar refractivity (Wildman–Crippen MR) is 73.0 cm³/mol. The molecule has 2 aromatic rings. The molecule has 0 amide bonds. The van der Waals surface area contributed by atoms with Gasteiger partial charge in [0.15, 0.2) is 11.5 Å². The molecule has 1 aliphatic rings. The van der Waals surface area contributed by atoms with E-state index in [-0.39, 0.29) is 12.8 Å². The average Bonchev–Trinajstić information content (AvgIpc) is 2.95. The summed E-state index contributed by atoms with van der Waals surface area (Å²) in [7, 11) is 0. The molecular weight excluding hydrogens is 256 g/mol. The summed E-state index contributed by atoms with van der Waals surface area (Å²) in [5, 5.41) is 0. The molecule has 0 saturated heterocycles. The topological polar surface area (TPSA) is 44.8 Å². The van der Waals surface area contributed by atoms with Crippen molar-refractivity contribution in [3.05, 3.63) is 59.7 Å². The molecule has 0 radical (unpaired) electrons. The first-order valence-corrected chi connectivity index (χ1v) is 6.43. The number of carbonyl (C=O) groups excluding carboxylic acids is 1. The van der Waals surface area contributed by atoms with Crippen LogP contribution in [0, 0.1) is 0 Å². The van der Waals surface area contributed by atoms with Gasteiger partial charge < -0.3 is 14.2 Å². The van der Waals surface area contributed by atoms with Gasteiger partial charge in [0, 0.05) is 6.42 Å². The highest BCUT2D eigenvalue weighted by molar-refractivity contribution is 5.90. The lowest BCUT2D eigenvalue weighted by molar-refractivity contribution is 0.0509. The Morgan fingerprint density at radius 3 is 2.70 bits per heavy atom. The van der Waals surface area contributed by atoms with Crippen molar-refractivity contribution in [2.75, 3.05) is 13.4 Å². The minimum Gasteiger partial charge on any atom is -0.462 e. The van der Waals surface area contributed by atoms with Gasteiger partial charge >= 0.3 is 5.97 Å². The summed E-state index contributed by atoms with van der Waals surface area (Å²) >= 11 is 0. The molecule has 0 bridgehead atoms. The fraction of sp³-hybridized carbons (Fsp3) is 0.188. The van der Waals surface area contributed by atoms with E-state index in [1.807, 2.05) is 30.3 Å². The van der Waals surface area contributed by atoms with Crippen LogP contribution in [0.15, 0.2) is 48.5 Å². The molecule has 4 nitrogen and oxygen atoms in total. The number of hydrogen-bond acceptors (Lipinski definition) is 4. The molecule has 0 aliphatic carbocycles. The molecule has 3 rings (SSSR count). The molecule has 0 unspecified atom stereocenters. The molecule has 1 heterocycles. The number of fused-ring (bicyclic) bond motifs is 1. The summed E-state index contributed by atoms with van der Waals surface area (Å²) in [6.45, 7) is 0.555. The Bertz CT molecular complexity index is 607. The van der Waals surface area contributed by atoms with Gasteiger partial charge in [0.05, 0.1) is 12.2 Å². The van der Waals surface area contributed by atoms with Gasteiger partial charge in [-0.05, 0) is 23.8 Å². The summed E-state index contributed by atoms with van der Waals surface area (Å²) in [4.78, 5) is 11.9. The molecule has 1 aliphatic heterocycles. The molecular formula is C16H14O4. The highest BCUT2D eigenvalue weighted by Gasteiger charge is 2.16. The first-order valence-electron chi connectivity index (χ1n) is 6.43. The molecule has 0 saturated carbocycles. The largest absolute Gasteiger partial charge is 0.462 e. The van der Waals surface area contributed by atoms with E-state index in [2.05, 4.69) is 0 Å². The molecule has 102 valence electrons. The third kappa shape index (κ3) is 2.74. The molecule has 2 aromatic carbocycles. The maximum absolute atomic E-state index is 11.9. The third-order valence-corrected chi connectivity index (χ3v) is 3.07. The lowest BCUT2D eigenvalue weighted by Gasteiger charge is -2.05. The van der Waals surface area contributed by atoms with Gasteiger partial charge in [-0.25, -0.2) is 4.79 Å². The summed E-state index contributed by atoms with van der Waals surface area (Å²) in [6.07, 6.45) is 0.705. The van der Waals surface area contributed by atoms with Crippen LogP contribution in [-0.2, 0) is 11.2 Å².